The Kier molecular flexibility index (Phi) is 14.6. The first-order valence-electron chi connectivity index (χ1n) is 3.33. The number of nitrogens with two attached hydrogens (primary N) is 1. The highest BCUT2D eigenvalue weighted by Gasteiger charge is 1.81. The second-order valence-corrected chi connectivity index (χ2v) is 1.68. The molecule has 0 fully saturated rings. The second-order valence-electron chi connectivity index (χ2n) is 1.68. The monoisotopic (exact) mass is 181 g/mol. The summed E-state index contributed by atoms with van der Waals surface area (Å²) in [5, 5.41) is 13.9. The summed E-state index contributed by atoms with van der Waals surface area (Å²) in [5.74, 6) is 0. The zero-order chi connectivity index (χ0) is 9.82. The molecule has 0 aromatic rings. The lowest BCUT2D eigenvalue weighted by molar-refractivity contribution is 0.0747. The van der Waals surface area contributed by atoms with Crippen LogP contribution in [0.4, 0.5) is 4.79 Å². The Morgan fingerprint density at radius 2 is 1.83 bits per heavy atom. The molecule has 0 aliphatic heterocycles. The van der Waals surface area contributed by atoms with Crippen LogP contribution in [-0.2, 0) is 9.47 Å². The van der Waals surface area contributed by atoms with Crippen LogP contribution in [0.25, 0.3) is 0 Å². The van der Waals surface area contributed by atoms with E-state index in [2.05, 4.69) is 0 Å². The molecule has 0 bridgehead atoms. The molecule has 0 aromatic carbocycles. The fourth-order valence-corrected chi connectivity index (χ4v) is 0.328. The Labute approximate surface area is 70.9 Å². The lowest BCUT2D eigenvalue weighted by Crippen LogP contribution is -2.11. The third-order valence-electron chi connectivity index (χ3n) is 0.694. The van der Waals surface area contributed by atoms with Gasteiger partial charge in [-0.1, -0.05) is 0 Å². The van der Waals surface area contributed by atoms with E-state index in [1.807, 2.05) is 0 Å². The Balaban J connectivity index is 0. The molecule has 0 spiro atoms. The highest BCUT2D eigenvalue weighted by molar-refractivity contribution is 5.53. The average molecular weight is 181 g/mol. The fraction of sp³-hybridized carbons (Fsp3) is 0.833. The predicted octanol–water partition coefficient (Wildman–Crippen LogP) is -0.169. The van der Waals surface area contributed by atoms with E-state index in [1.165, 1.54) is 0 Å². The molecule has 0 rings (SSSR count). The fourth-order valence-electron chi connectivity index (χ4n) is 0.328. The van der Waals surface area contributed by atoms with Crippen molar-refractivity contribution in [3.05, 3.63) is 0 Å². The number of hydrogen-bond acceptors (Lipinski definition) is 4. The zero-order valence-electron chi connectivity index (χ0n) is 7.02. The van der Waals surface area contributed by atoms with Crippen molar-refractivity contribution < 1.29 is 24.5 Å². The van der Waals surface area contributed by atoms with Crippen LogP contribution < -0.4 is 5.73 Å². The standard InChI is InChI=1S/C5H13NO2.CH2O3/c1-7-4-5-8-3-2-6;2-1(3)4/h2-6H2,1H3;(H2,2,3,4). The summed E-state index contributed by atoms with van der Waals surface area (Å²) in [4.78, 5) is 8.56. The van der Waals surface area contributed by atoms with E-state index in [0.717, 1.165) is 0 Å². The molecule has 6 heteroatoms. The summed E-state index contributed by atoms with van der Waals surface area (Å²) < 4.78 is 9.70. The van der Waals surface area contributed by atoms with Crippen molar-refractivity contribution in [2.75, 3.05) is 33.5 Å². The molecule has 0 aliphatic rings. The van der Waals surface area contributed by atoms with Crippen molar-refractivity contribution in [2.45, 2.75) is 0 Å². The van der Waals surface area contributed by atoms with Crippen molar-refractivity contribution in [3.63, 3.8) is 0 Å². The van der Waals surface area contributed by atoms with Gasteiger partial charge in [-0.15, -0.1) is 0 Å². The molecule has 0 radical (unpaired) electrons. The summed E-state index contributed by atoms with van der Waals surface area (Å²) in [6.07, 6.45) is -1.83. The van der Waals surface area contributed by atoms with Crippen molar-refractivity contribution in [3.8, 4) is 0 Å². The first-order chi connectivity index (χ1) is 5.65. The zero-order valence-corrected chi connectivity index (χ0v) is 7.02. The number of methoxy groups -OCH3 is 1. The first-order valence-corrected chi connectivity index (χ1v) is 3.33. The predicted molar refractivity (Wildman–Crippen MR) is 42.4 cm³/mol. The van der Waals surface area contributed by atoms with Gasteiger partial charge in [-0.05, 0) is 0 Å². The molecular formula is C6H15NO5. The number of carboxylic acid groups (broad SMARTS) is 2. The van der Waals surface area contributed by atoms with E-state index in [0.29, 0.717) is 26.4 Å². The van der Waals surface area contributed by atoms with Crippen molar-refractivity contribution in [2.24, 2.45) is 5.73 Å². The van der Waals surface area contributed by atoms with E-state index in [9.17, 15) is 0 Å². The minimum atomic E-state index is -1.83. The van der Waals surface area contributed by atoms with Gasteiger partial charge in [-0.3, -0.25) is 0 Å². The van der Waals surface area contributed by atoms with Gasteiger partial charge < -0.3 is 25.4 Å². The molecule has 0 saturated carbocycles. The summed E-state index contributed by atoms with van der Waals surface area (Å²) in [6, 6.07) is 0. The maximum atomic E-state index is 8.56. The maximum absolute atomic E-state index is 8.56. The number of ether oxygens (including phenoxy) is 2. The van der Waals surface area contributed by atoms with Crippen LogP contribution in [0, 0.1) is 0 Å². The Hall–Kier alpha value is -0.850. The Morgan fingerprint density at radius 1 is 1.33 bits per heavy atom. The molecule has 0 saturated heterocycles. The minimum Gasteiger partial charge on any atom is -0.450 e. The number of hydrogen-bond donors (Lipinski definition) is 3. The van der Waals surface area contributed by atoms with Gasteiger partial charge in [0.05, 0.1) is 19.8 Å². The summed E-state index contributed by atoms with van der Waals surface area (Å²) >= 11 is 0. The van der Waals surface area contributed by atoms with Crippen LogP contribution in [0.3, 0.4) is 0 Å². The van der Waals surface area contributed by atoms with Gasteiger partial charge in [-0.2, -0.15) is 0 Å². The third kappa shape index (κ3) is 35.3. The molecule has 4 N–H and O–H groups in total. The van der Waals surface area contributed by atoms with Gasteiger partial charge >= 0.3 is 6.16 Å². The van der Waals surface area contributed by atoms with Crippen LogP contribution in [0.5, 0.6) is 0 Å². The molecule has 0 amide bonds. The summed E-state index contributed by atoms with van der Waals surface area (Å²) in [5.41, 5.74) is 5.14. The topological polar surface area (TPSA) is 102 Å². The number of carbonyl (C=O) groups is 1. The normalized spacial score (nSPS) is 8.50. The van der Waals surface area contributed by atoms with Crippen LogP contribution in [0.2, 0.25) is 0 Å². The Bertz CT molecular complexity index is 87.9. The van der Waals surface area contributed by atoms with Gasteiger partial charge in [0.2, 0.25) is 0 Å². The maximum Gasteiger partial charge on any atom is 0.503 e. The molecule has 0 aliphatic carbocycles. The van der Waals surface area contributed by atoms with Crippen LogP contribution in [-0.4, -0.2) is 49.8 Å². The largest absolute Gasteiger partial charge is 0.503 e. The molecular weight excluding hydrogens is 166 g/mol. The SMILES string of the molecule is COCCOCCN.O=C(O)O. The first kappa shape index (κ1) is 13.7. The van der Waals surface area contributed by atoms with Gasteiger partial charge in [0.15, 0.2) is 0 Å². The van der Waals surface area contributed by atoms with E-state index < -0.39 is 6.16 Å². The van der Waals surface area contributed by atoms with Crippen molar-refractivity contribution in [1.29, 1.82) is 0 Å². The van der Waals surface area contributed by atoms with E-state index in [1.54, 1.807) is 7.11 Å². The molecule has 12 heavy (non-hydrogen) atoms. The molecule has 0 heterocycles. The van der Waals surface area contributed by atoms with E-state index in [4.69, 9.17) is 30.2 Å². The molecule has 6 nitrogen and oxygen atoms in total. The summed E-state index contributed by atoms with van der Waals surface area (Å²) in [6.45, 7) is 2.51. The van der Waals surface area contributed by atoms with Crippen LogP contribution in [0.1, 0.15) is 0 Å². The summed E-state index contributed by atoms with van der Waals surface area (Å²) in [7, 11) is 1.64. The van der Waals surface area contributed by atoms with Crippen LogP contribution in [0.15, 0.2) is 0 Å². The van der Waals surface area contributed by atoms with E-state index in [-0.39, 0.29) is 0 Å². The molecule has 74 valence electrons. The van der Waals surface area contributed by atoms with Crippen molar-refractivity contribution >= 4 is 6.16 Å². The molecule has 0 atom stereocenters. The van der Waals surface area contributed by atoms with Crippen molar-refractivity contribution in [1.82, 2.24) is 0 Å². The Morgan fingerprint density at radius 3 is 2.17 bits per heavy atom. The van der Waals surface area contributed by atoms with Crippen LogP contribution >= 0.6 is 0 Å². The smallest absolute Gasteiger partial charge is 0.450 e. The average Bonchev–Trinajstić information content (AvgIpc) is 1.97. The highest BCUT2D eigenvalue weighted by atomic mass is 16.6. The van der Waals surface area contributed by atoms with E-state index >= 15 is 0 Å². The lowest BCUT2D eigenvalue weighted by Gasteiger charge is -1.98. The van der Waals surface area contributed by atoms with Gasteiger partial charge in [-0.25, -0.2) is 4.79 Å². The van der Waals surface area contributed by atoms with Gasteiger partial charge in [0.1, 0.15) is 0 Å². The highest BCUT2D eigenvalue weighted by Crippen LogP contribution is 1.71. The molecule has 0 unspecified atom stereocenters. The quantitative estimate of drug-likeness (QED) is 0.509. The van der Waals surface area contributed by atoms with Gasteiger partial charge in [0, 0.05) is 13.7 Å². The van der Waals surface area contributed by atoms with Gasteiger partial charge in [0.25, 0.3) is 0 Å². The minimum absolute atomic E-state index is 0.587. The lowest BCUT2D eigenvalue weighted by atomic mass is 10.7. The second kappa shape index (κ2) is 12.8. The third-order valence-corrected chi connectivity index (χ3v) is 0.694. The molecule has 0 aromatic heterocycles. The number of rotatable bonds is 5.